The van der Waals surface area contributed by atoms with E-state index in [-0.39, 0.29) is 39.5 Å². The van der Waals surface area contributed by atoms with Gasteiger partial charge in [-0.25, -0.2) is 4.89 Å². The molecular formula is C17H26O9. The fourth-order valence-electron chi connectivity index (χ4n) is 2.08. The number of aliphatic hydroxyl groups is 4. The van der Waals surface area contributed by atoms with Crippen LogP contribution in [-0.2, 0) is 9.62 Å². The van der Waals surface area contributed by atoms with Crippen LogP contribution in [-0.4, -0.2) is 64.8 Å². The van der Waals surface area contributed by atoms with Crippen molar-refractivity contribution < 1.29 is 44.8 Å². The van der Waals surface area contributed by atoms with Gasteiger partial charge in [-0.2, -0.15) is 0 Å². The second kappa shape index (κ2) is 11.4. The van der Waals surface area contributed by atoms with Crippen LogP contribution in [0.1, 0.15) is 17.5 Å². The van der Waals surface area contributed by atoms with Crippen LogP contribution in [0, 0.1) is 13.8 Å². The number of benzene rings is 1. The number of aryl methyl sites for hydroxylation is 2. The average Bonchev–Trinajstić information content (AvgIpc) is 2.61. The van der Waals surface area contributed by atoms with E-state index in [2.05, 4.69) is 4.89 Å². The van der Waals surface area contributed by atoms with E-state index in [1.165, 1.54) is 0 Å². The van der Waals surface area contributed by atoms with Crippen LogP contribution in [0.15, 0.2) is 23.8 Å². The third-order valence-electron chi connectivity index (χ3n) is 3.42. The molecular weight excluding hydrogens is 348 g/mol. The summed E-state index contributed by atoms with van der Waals surface area (Å²) in [6.07, 6.45) is -1.52. The van der Waals surface area contributed by atoms with Gasteiger partial charge in [-0.05, 0) is 31.0 Å². The van der Waals surface area contributed by atoms with Gasteiger partial charge in [-0.15, -0.1) is 0 Å². The minimum absolute atomic E-state index is 0.0363. The largest absolute Gasteiger partial charge is 0.504 e. The van der Waals surface area contributed by atoms with E-state index in [0.29, 0.717) is 11.5 Å². The highest BCUT2D eigenvalue weighted by Crippen LogP contribution is 2.28. The van der Waals surface area contributed by atoms with E-state index < -0.39 is 17.8 Å². The number of hydrogen-bond donors (Lipinski definition) is 5. The zero-order valence-corrected chi connectivity index (χ0v) is 14.8. The molecule has 0 heterocycles. The predicted molar refractivity (Wildman–Crippen MR) is 91.4 cm³/mol. The van der Waals surface area contributed by atoms with Gasteiger partial charge >= 0.3 is 5.95 Å². The van der Waals surface area contributed by atoms with Gasteiger partial charge in [-0.1, -0.05) is 0 Å². The highest BCUT2D eigenvalue weighted by atomic mass is 17.1. The summed E-state index contributed by atoms with van der Waals surface area (Å²) in [6.45, 7) is 3.59. The first-order chi connectivity index (χ1) is 12.4. The first-order valence-corrected chi connectivity index (χ1v) is 8.07. The Hall–Kier alpha value is -2.20. The van der Waals surface area contributed by atoms with E-state index in [1.54, 1.807) is 6.07 Å². The quantitative estimate of drug-likeness (QED) is 0.160. The van der Waals surface area contributed by atoms with Crippen LogP contribution in [0.2, 0.25) is 0 Å². The SMILES string of the molecule is Cc1cc(C)c(OCCO/C(O)=C(\O)[C@H](O)CCO)cc1OCCOO. The molecule has 0 saturated heterocycles. The summed E-state index contributed by atoms with van der Waals surface area (Å²) in [4.78, 5) is 3.96. The van der Waals surface area contributed by atoms with E-state index in [9.17, 15) is 15.3 Å². The van der Waals surface area contributed by atoms with Crippen molar-refractivity contribution in [1.29, 1.82) is 0 Å². The standard InChI is InChI=1S/C17H26O9/c1-11-9-12(2)15(24-7-8-26-22)10-14(11)23-5-6-25-17(21)16(20)13(19)3-4-18/h9-10,13,18-22H,3-8H2,1-2H3/b17-16-/t13-/m1/s1. The molecule has 148 valence electrons. The maximum absolute atomic E-state index is 9.53. The molecule has 9 nitrogen and oxygen atoms in total. The molecule has 5 N–H and O–H groups in total. The van der Waals surface area contributed by atoms with E-state index >= 15 is 0 Å². The van der Waals surface area contributed by atoms with E-state index in [0.717, 1.165) is 11.1 Å². The molecule has 0 aliphatic heterocycles. The molecule has 0 aliphatic carbocycles. The second-order valence-electron chi connectivity index (χ2n) is 5.48. The van der Waals surface area contributed by atoms with Crippen molar-refractivity contribution in [3.8, 4) is 11.5 Å². The molecule has 0 fully saturated rings. The van der Waals surface area contributed by atoms with E-state index in [4.69, 9.17) is 24.6 Å². The molecule has 1 aromatic rings. The normalized spacial score (nSPS) is 13.1. The molecule has 0 aromatic heterocycles. The number of aliphatic hydroxyl groups excluding tert-OH is 4. The zero-order valence-electron chi connectivity index (χ0n) is 14.8. The van der Waals surface area contributed by atoms with Crippen molar-refractivity contribution in [1.82, 2.24) is 0 Å². The van der Waals surface area contributed by atoms with Gasteiger partial charge in [0.15, 0.2) is 0 Å². The summed E-state index contributed by atoms with van der Waals surface area (Å²) in [6, 6.07) is 3.57. The predicted octanol–water partition coefficient (Wildman–Crippen LogP) is 1.60. The van der Waals surface area contributed by atoms with E-state index in [1.807, 2.05) is 19.9 Å². The molecule has 0 bridgehead atoms. The second-order valence-corrected chi connectivity index (χ2v) is 5.48. The molecule has 26 heavy (non-hydrogen) atoms. The van der Waals surface area contributed by atoms with Crippen molar-refractivity contribution in [2.24, 2.45) is 0 Å². The molecule has 1 atom stereocenters. The Kier molecular flexibility index (Phi) is 9.60. The summed E-state index contributed by atoms with van der Waals surface area (Å²) < 4.78 is 16.0. The first kappa shape index (κ1) is 21.8. The highest BCUT2D eigenvalue weighted by Gasteiger charge is 2.16. The third-order valence-corrected chi connectivity index (χ3v) is 3.42. The first-order valence-electron chi connectivity index (χ1n) is 8.07. The van der Waals surface area contributed by atoms with Gasteiger partial charge in [0.05, 0.1) is 0 Å². The summed E-state index contributed by atoms with van der Waals surface area (Å²) in [7, 11) is 0. The molecule has 9 heteroatoms. The third kappa shape index (κ3) is 6.96. The minimum atomic E-state index is -1.40. The monoisotopic (exact) mass is 374 g/mol. The summed E-state index contributed by atoms with van der Waals surface area (Å²) in [5, 5.41) is 45.5. The maximum atomic E-state index is 9.53. The lowest BCUT2D eigenvalue weighted by atomic mass is 10.1. The Bertz CT molecular complexity index is 586. The topological polar surface area (TPSA) is 138 Å². The number of hydrogen-bond acceptors (Lipinski definition) is 9. The molecule has 0 radical (unpaired) electrons. The molecule has 0 aliphatic rings. The smallest absolute Gasteiger partial charge is 0.319 e. The fraction of sp³-hybridized carbons (Fsp3) is 0.529. The Labute approximate surface area is 151 Å². The Morgan fingerprint density at radius 2 is 1.54 bits per heavy atom. The van der Waals surface area contributed by atoms with Crippen LogP contribution in [0.25, 0.3) is 0 Å². The van der Waals surface area contributed by atoms with Crippen molar-refractivity contribution >= 4 is 0 Å². The number of ether oxygens (including phenoxy) is 3. The van der Waals surface area contributed by atoms with Crippen LogP contribution in [0.5, 0.6) is 11.5 Å². The zero-order chi connectivity index (χ0) is 19.5. The maximum Gasteiger partial charge on any atom is 0.319 e. The number of rotatable bonds is 12. The van der Waals surface area contributed by atoms with Crippen molar-refractivity contribution in [3.63, 3.8) is 0 Å². The van der Waals surface area contributed by atoms with Crippen LogP contribution < -0.4 is 9.47 Å². The molecule has 1 aromatic carbocycles. The molecule has 0 spiro atoms. The van der Waals surface area contributed by atoms with Gasteiger partial charge in [0.25, 0.3) is 0 Å². The van der Waals surface area contributed by atoms with Crippen molar-refractivity contribution in [2.75, 3.05) is 33.0 Å². The summed E-state index contributed by atoms with van der Waals surface area (Å²) in [5.74, 6) is -0.432. The lowest BCUT2D eigenvalue weighted by molar-refractivity contribution is -0.245. The highest BCUT2D eigenvalue weighted by molar-refractivity contribution is 5.45. The fourth-order valence-corrected chi connectivity index (χ4v) is 2.08. The Morgan fingerprint density at radius 1 is 0.962 bits per heavy atom. The van der Waals surface area contributed by atoms with Gasteiger partial charge in [0.1, 0.15) is 44.0 Å². The lowest BCUT2D eigenvalue weighted by Crippen LogP contribution is -2.16. The molecule has 1 rings (SSSR count). The van der Waals surface area contributed by atoms with Gasteiger partial charge in [0.2, 0.25) is 5.76 Å². The van der Waals surface area contributed by atoms with Crippen molar-refractivity contribution in [3.05, 3.63) is 35.0 Å². The van der Waals surface area contributed by atoms with Crippen LogP contribution >= 0.6 is 0 Å². The Balaban J connectivity index is 2.56. The Morgan fingerprint density at radius 3 is 2.08 bits per heavy atom. The van der Waals surface area contributed by atoms with Crippen LogP contribution in [0.3, 0.4) is 0 Å². The molecule has 0 unspecified atom stereocenters. The van der Waals surface area contributed by atoms with Gasteiger partial charge in [0, 0.05) is 19.1 Å². The minimum Gasteiger partial charge on any atom is -0.504 e. The van der Waals surface area contributed by atoms with Gasteiger partial charge < -0.3 is 34.6 Å². The average molecular weight is 374 g/mol. The van der Waals surface area contributed by atoms with Crippen molar-refractivity contribution in [2.45, 2.75) is 26.4 Å². The van der Waals surface area contributed by atoms with Crippen LogP contribution in [0.4, 0.5) is 0 Å². The molecule has 0 saturated carbocycles. The lowest BCUT2D eigenvalue weighted by Gasteiger charge is -2.15. The van der Waals surface area contributed by atoms with Gasteiger partial charge in [-0.3, -0.25) is 5.26 Å². The summed E-state index contributed by atoms with van der Waals surface area (Å²) in [5.41, 5.74) is 1.77. The molecule has 0 amide bonds. The summed E-state index contributed by atoms with van der Waals surface area (Å²) >= 11 is 0.